The van der Waals surface area contributed by atoms with E-state index in [0.29, 0.717) is 13.2 Å². The molecule has 1 aliphatic heterocycles. The van der Waals surface area contributed by atoms with Gasteiger partial charge in [0.15, 0.2) is 0 Å². The van der Waals surface area contributed by atoms with Crippen LogP contribution in [0.15, 0.2) is 42.0 Å². The van der Waals surface area contributed by atoms with Crippen molar-refractivity contribution >= 4 is 5.91 Å². The summed E-state index contributed by atoms with van der Waals surface area (Å²) in [7, 11) is 1.70. The summed E-state index contributed by atoms with van der Waals surface area (Å²) >= 11 is 0. The van der Waals surface area contributed by atoms with Gasteiger partial charge in [-0.2, -0.15) is 0 Å². The standard InChI is InChI=1S/C14H17NO2/c1-17-11-12-7-9-15(10-8-12)14(16)13-5-3-2-4-6-13/h2-7H,8-11H2,1H3. The molecule has 0 radical (unpaired) electrons. The van der Waals surface area contributed by atoms with E-state index >= 15 is 0 Å². The van der Waals surface area contributed by atoms with Crippen LogP contribution in [0.3, 0.4) is 0 Å². The molecule has 17 heavy (non-hydrogen) atoms. The Balaban J connectivity index is 2.00. The lowest BCUT2D eigenvalue weighted by Gasteiger charge is -2.26. The van der Waals surface area contributed by atoms with Gasteiger partial charge in [0.1, 0.15) is 0 Å². The highest BCUT2D eigenvalue weighted by Crippen LogP contribution is 2.13. The maximum Gasteiger partial charge on any atom is 0.254 e. The zero-order chi connectivity index (χ0) is 12.1. The number of ether oxygens (including phenoxy) is 1. The average Bonchev–Trinajstić information content (AvgIpc) is 2.40. The Bertz CT molecular complexity index is 411. The molecule has 1 aromatic rings. The summed E-state index contributed by atoms with van der Waals surface area (Å²) in [5, 5.41) is 0. The highest BCUT2D eigenvalue weighted by Gasteiger charge is 2.17. The molecule has 0 unspecified atom stereocenters. The van der Waals surface area contributed by atoms with Gasteiger partial charge in [-0.3, -0.25) is 4.79 Å². The number of carbonyl (C=O) groups is 1. The molecule has 1 aliphatic rings. The minimum Gasteiger partial charge on any atom is -0.380 e. The molecule has 3 nitrogen and oxygen atoms in total. The SMILES string of the molecule is COCC1=CCN(C(=O)c2ccccc2)CC1. The fourth-order valence-electron chi connectivity index (χ4n) is 1.98. The topological polar surface area (TPSA) is 29.5 Å². The summed E-state index contributed by atoms with van der Waals surface area (Å²) in [4.78, 5) is 14.0. The molecule has 0 atom stereocenters. The maximum atomic E-state index is 12.1. The van der Waals surface area contributed by atoms with Gasteiger partial charge in [0.2, 0.25) is 0 Å². The molecule has 0 bridgehead atoms. The van der Waals surface area contributed by atoms with E-state index in [9.17, 15) is 4.79 Å². The van der Waals surface area contributed by atoms with Gasteiger partial charge in [0.25, 0.3) is 5.91 Å². The molecular weight excluding hydrogens is 214 g/mol. The van der Waals surface area contributed by atoms with Crippen LogP contribution in [0.1, 0.15) is 16.8 Å². The summed E-state index contributed by atoms with van der Waals surface area (Å²) in [5.41, 5.74) is 2.04. The van der Waals surface area contributed by atoms with E-state index in [0.717, 1.165) is 18.5 Å². The first-order valence-electron chi connectivity index (χ1n) is 5.82. The minimum atomic E-state index is 0.110. The Morgan fingerprint density at radius 2 is 2.12 bits per heavy atom. The molecule has 0 aromatic heterocycles. The molecule has 0 spiro atoms. The Morgan fingerprint density at radius 1 is 1.35 bits per heavy atom. The van der Waals surface area contributed by atoms with Crippen LogP contribution in [0.5, 0.6) is 0 Å². The molecule has 0 N–H and O–H groups in total. The minimum absolute atomic E-state index is 0.110. The zero-order valence-corrected chi connectivity index (χ0v) is 10.1. The monoisotopic (exact) mass is 231 g/mol. The number of methoxy groups -OCH3 is 1. The van der Waals surface area contributed by atoms with Gasteiger partial charge in [-0.25, -0.2) is 0 Å². The van der Waals surface area contributed by atoms with Crippen LogP contribution in [-0.2, 0) is 4.74 Å². The summed E-state index contributed by atoms with van der Waals surface area (Å²) in [6, 6.07) is 9.42. The van der Waals surface area contributed by atoms with E-state index in [1.165, 1.54) is 5.57 Å². The van der Waals surface area contributed by atoms with Crippen molar-refractivity contribution in [1.82, 2.24) is 4.90 Å². The van der Waals surface area contributed by atoms with E-state index in [-0.39, 0.29) is 5.91 Å². The van der Waals surface area contributed by atoms with Crippen molar-refractivity contribution in [2.75, 3.05) is 26.8 Å². The van der Waals surface area contributed by atoms with Crippen molar-refractivity contribution in [2.45, 2.75) is 6.42 Å². The molecule has 1 aromatic carbocycles. The number of benzene rings is 1. The van der Waals surface area contributed by atoms with E-state index in [1.54, 1.807) is 7.11 Å². The summed E-state index contributed by atoms with van der Waals surface area (Å²) < 4.78 is 5.09. The van der Waals surface area contributed by atoms with Crippen molar-refractivity contribution in [3.63, 3.8) is 0 Å². The lowest BCUT2D eigenvalue weighted by molar-refractivity contribution is 0.0765. The van der Waals surface area contributed by atoms with Crippen LogP contribution in [-0.4, -0.2) is 37.6 Å². The van der Waals surface area contributed by atoms with Gasteiger partial charge in [-0.15, -0.1) is 0 Å². The van der Waals surface area contributed by atoms with E-state index in [2.05, 4.69) is 6.08 Å². The fraction of sp³-hybridized carbons (Fsp3) is 0.357. The summed E-state index contributed by atoms with van der Waals surface area (Å²) in [6.07, 6.45) is 3.00. The number of hydrogen-bond donors (Lipinski definition) is 0. The number of hydrogen-bond acceptors (Lipinski definition) is 2. The molecule has 0 aliphatic carbocycles. The maximum absolute atomic E-state index is 12.1. The van der Waals surface area contributed by atoms with E-state index in [4.69, 9.17) is 4.74 Å². The van der Waals surface area contributed by atoms with Crippen LogP contribution in [0, 0.1) is 0 Å². The Kier molecular flexibility index (Phi) is 3.94. The van der Waals surface area contributed by atoms with E-state index in [1.807, 2.05) is 35.2 Å². The molecular formula is C14H17NO2. The largest absolute Gasteiger partial charge is 0.380 e. The van der Waals surface area contributed by atoms with Gasteiger partial charge < -0.3 is 9.64 Å². The smallest absolute Gasteiger partial charge is 0.254 e. The van der Waals surface area contributed by atoms with Crippen LogP contribution in [0.4, 0.5) is 0 Å². The number of amides is 1. The molecule has 90 valence electrons. The zero-order valence-electron chi connectivity index (χ0n) is 10.1. The van der Waals surface area contributed by atoms with Gasteiger partial charge >= 0.3 is 0 Å². The highest BCUT2D eigenvalue weighted by molar-refractivity contribution is 5.94. The number of nitrogens with zero attached hydrogens (tertiary/aromatic N) is 1. The first-order chi connectivity index (χ1) is 8.31. The average molecular weight is 231 g/mol. The molecule has 0 saturated heterocycles. The number of carbonyl (C=O) groups excluding carboxylic acids is 1. The van der Waals surface area contributed by atoms with Crippen LogP contribution >= 0.6 is 0 Å². The van der Waals surface area contributed by atoms with Crippen LogP contribution < -0.4 is 0 Å². The van der Waals surface area contributed by atoms with Crippen LogP contribution in [0.25, 0.3) is 0 Å². The second-order valence-electron chi connectivity index (χ2n) is 4.16. The Morgan fingerprint density at radius 3 is 2.71 bits per heavy atom. The number of rotatable bonds is 3. The quantitative estimate of drug-likeness (QED) is 0.746. The molecule has 1 heterocycles. The third-order valence-corrected chi connectivity index (χ3v) is 2.94. The molecule has 0 saturated carbocycles. The lowest BCUT2D eigenvalue weighted by Crippen LogP contribution is -2.35. The van der Waals surface area contributed by atoms with Gasteiger partial charge in [0, 0.05) is 25.8 Å². The van der Waals surface area contributed by atoms with Crippen molar-refractivity contribution in [1.29, 1.82) is 0 Å². The molecule has 0 fully saturated rings. The highest BCUT2D eigenvalue weighted by atomic mass is 16.5. The van der Waals surface area contributed by atoms with Crippen molar-refractivity contribution in [3.8, 4) is 0 Å². The predicted octanol–water partition coefficient (Wildman–Crippen LogP) is 2.11. The third kappa shape index (κ3) is 2.94. The third-order valence-electron chi connectivity index (χ3n) is 2.94. The summed E-state index contributed by atoms with van der Waals surface area (Å²) in [5.74, 6) is 0.110. The fourth-order valence-corrected chi connectivity index (χ4v) is 1.98. The lowest BCUT2D eigenvalue weighted by atomic mass is 10.1. The van der Waals surface area contributed by atoms with E-state index < -0.39 is 0 Å². The Labute approximate surface area is 102 Å². The summed E-state index contributed by atoms with van der Waals surface area (Å²) in [6.45, 7) is 2.14. The van der Waals surface area contributed by atoms with Crippen LogP contribution in [0.2, 0.25) is 0 Å². The first kappa shape index (κ1) is 11.9. The second kappa shape index (κ2) is 5.64. The van der Waals surface area contributed by atoms with Gasteiger partial charge in [-0.1, -0.05) is 24.3 Å². The van der Waals surface area contributed by atoms with Gasteiger partial charge in [0.05, 0.1) is 6.61 Å². The molecule has 2 rings (SSSR count). The predicted molar refractivity (Wildman–Crippen MR) is 66.9 cm³/mol. The van der Waals surface area contributed by atoms with Crippen molar-refractivity contribution in [2.24, 2.45) is 0 Å². The Hall–Kier alpha value is -1.61. The first-order valence-corrected chi connectivity index (χ1v) is 5.82. The second-order valence-corrected chi connectivity index (χ2v) is 4.16. The normalized spacial score (nSPS) is 15.6. The van der Waals surface area contributed by atoms with Crippen molar-refractivity contribution in [3.05, 3.63) is 47.5 Å². The molecule has 3 heteroatoms. The van der Waals surface area contributed by atoms with Crippen molar-refractivity contribution < 1.29 is 9.53 Å². The molecule has 1 amide bonds. The van der Waals surface area contributed by atoms with Gasteiger partial charge in [-0.05, 0) is 24.1 Å².